The van der Waals surface area contributed by atoms with Crippen molar-refractivity contribution >= 4 is 33.8 Å². The van der Waals surface area contributed by atoms with Crippen LogP contribution in [0.1, 0.15) is 16.1 Å². The van der Waals surface area contributed by atoms with Gasteiger partial charge in [-0.3, -0.25) is 4.79 Å². The van der Waals surface area contributed by atoms with Crippen LogP contribution in [0.25, 0.3) is 16.3 Å². The summed E-state index contributed by atoms with van der Waals surface area (Å²) in [6.07, 6.45) is 0.683. The molecule has 26 heavy (non-hydrogen) atoms. The zero-order valence-electron chi connectivity index (χ0n) is 13.7. The summed E-state index contributed by atoms with van der Waals surface area (Å²) in [5, 5.41) is 10.2. The first-order valence-corrected chi connectivity index (χ1v) is 9.39. The van der Waals surface area contributed by atoms with Gasteiger partial charge in [0.15, 0.2) is 5.82 Å². The van der Waals surface area contributed by atoms with E-state index in [4.69, 9.17) is 11.6 Å². The van der Waals surface area contributed by atoms with Crippen molar-refractivity contribution in [1.82, 2.24) is 19.9 Å². The maximum atomic E-state index is 12.1. The molecular formula is C19H15ClN4OS. The van der Waals surface area contributed by atoms with Gasteiger partial charge in [-0.2, -0.15) is 4.98 Å². The van der Waals surface area contributed by atoms with Gasteiger partial charge in [0.2, 0.25) is 4.96 Å². The van der Waals surface area contributed by atoms with Crippen molar-refractivity contribution in [2.24, 2.45) is 0 Å². The molecule has 1 N–H and O–H groups in total. The highest BCUT2D eigenvalue weighted by Crippen LogP contribution is 2.22. The Labute approximate surface area is 159 Å². The minimum atomic E-state index is -0.0717. The van der Waals surface area contributed by atoms with E-state index in [0.29, 0.717) is 29.4 Å². The van der Waals surface area contributed by atoms with E-state index >= 15 is 0 Å². The Morgan fingerprint density at radius 2 is 1.88 bits per heavy atom. The van der Waals surface area contributed by atoms with Crippen LogP contribution in [0.2, 0.25) is 5.02 Å². The van der Waals surface area contributed by atoms with Crippen molar-refractivity contribution in [3.8, 4) is 11.4 Å². The third-order valence-electron chi connectivity index (χ3n) is 3.95. The van der Waals surface area contributed by atoms with Crippen molar-refractivity contribution in [1.29, 1.82) is 0 Å². The van der Waals surface area contributed by atoms with E-state index in [2.05, 4.69) is 15.4 Å². The number of hydrogen-bond donors (Lipinski definition) is 1. The summed E-state index contributed by atoms with van der Waals surface area (Å²) in [5.41, 5.74) is 2.61. The normalized spacial score (nSPS) is 11.0. The van der Waals surface area contributed by atoms with E-state index in [9.17, 15) is 4.79 Å². The first kappa shape index (κ1) is 16.8. The average Bonchev–Trinajstić information content (AvgIpc) is 3.25. The van der Waals surface area contributed by atoms with Gasteiger partial charge in [0.25, 0.3) is 5.91 Å². The van der Waals surface area contributed by atoms with Crippen molar-refractivity contribution in [3.63, 3.8) is 0 Å². The average molecular weight is 383 g/mol. The number of carbonyl (C=O) groups is 1. The fourth-order valence-corrected chi connectivity index (χ4v) is 3.60. The van der Waals surface area contributed by atoms with Gasteiger partial charge in [-0.15, -0.1) is 16.4 Å². The molecule has 0 bridgehead atoms. The monoisotopic (exact) mass is 382 g/mol. The number of halogens is 1. The third kappa shape index (κ3) is 3.47. The summed E-state index contributed by atoms with van der Waals surface area (Å²) in [6.45, 7) is 0.537. The highest BCUT2D eigenvalue weighted by atomic mass is 35.5. The number of nitrogens with one attached hydrogen (secondary N) is 1. The third-order valence-corrected chi connectivity index (χ3v) is 5.07. The molecule has 0 aliphatic carbocycles. The smallest absolute Gasteiger partial charge is 0.251 e. The van der Waals surface area contributed by atoms with Crippen LogP contribution < -0.4 is 5.32 Å². The summed E-state index contributed by atoms with van der Waals surface area (Å²) < 4.78 is 1.84. The quantitative estimate of drug-likeness (QED) is 0.565. The van der Waals surface area contributed by atoms with Crippen LogP contribution in [0.5, 0.6) is 0 Å². The molecular weight excluding hydrogens is 368 g/mol. The molecule has 0 saturated carbocycles. The highest BCUT2D eigenvalue weighted by molar-refractivity contribution is 7.15. The lowest BCUT2D eigenvalue weighted by Gasteiger charge is -2.04. The second-order valence-electron chi connectivity index (χ2n) is 5.74. The molecule has 5 nitrogen and oxygen atoms in total. The number of nitrogens with zero attached hydrogens (tertiary/aromatic N) is 3. The minimum absolute atomic E-state index is 0.0717. The molecule has 0 fully saturated rings. The molecule has 0 saturated heterocycles. The first-order valence-electron chi connectivity index (χ1n) is 8.13. The predicted molar refractivity (Wildman–Crippen MR) is 104 cm³/mol. The lowest BCUT2D eigenvalue weighted by molar-refractivity contribution is 0.0954. The Bertz CT molecular complexity index is 1040. The van der Waals surface area contributed by atoms with Crippen LogP contribution in [0.15, 0.2) is 60.0 Å². The molecule has 0 aliphatic rings. The van der Waals surface area contributed by atoms with Gasteiger partial charge >= 0.3 is 0 Å². The van der Waals surface area contributed by atoms with Gasteiger partial charge in [-0.05, 0) is 36.4 Å². The van der Waals surface area contributed by atoms with Crippen LogP contribution in [0.4, 0.5) is 0 Å². The second-order valence-corrected chi connectivity index (χ2v) is 7.01. The van der Waals surface area contributed by atoms with Gasteiger partial charge in [0, 0.05) is 34.5 Å². The Morgan fingerprint density at radius 3 is 2.65 bits per heavy atom. The maximum absolute atomic E-state index is 12.1. The lowest BCUT2D eigenvalue weighted by atomic mass is 10.2. The number of hydrogen-bond acceptors (Lipinski definition) is 4. The zero-order valence-corrected chi connectivity index (χ0v) is 15.3. The van der Waals surface area contributed by atoms with Gasteiger partial charge < -0.3 is 5.32 Å². The number of fused-ring (bicyclic) bond motifs is 1. The molecule has 2 aromatic heterocycles. The molecule has 7 heteroatoms. The van der Waals surface area contributed by atoms with Crippen molar-refractivity contribution < 1.29 is 4.79 Å². The molecule has 130 valence electrons. The van der Waals surface area contributed by atoms with Crippen LogP contribution in [-0.4, -0.2) is 27.0 Å². The van der Waals surface area contributed by atoms with Crippen molar-refractivity contribution in [2.45, 2.75) is 6.42 Å². The maximum Gasteiger partial charge on any atom is 0.251 e. The summed E-state index contributed by atoms with van der Waals surface area (Å²) >= 11 is 7.47. The van der Waals surface area contributed by atoms with E-state index in [1.54, 1.807) is 12.1 Å². The molecule has 1 amide bonds. The lowest BCUT2D eigenvalue weighted by Crippen LogP contribution is -2.25. The van der Waals surface area contributed by atoms with Crippen LogP contribution >= 0.6 is 22.9 Å². The van der Waals surface area contributed by atoms with E-state index < -0.39 is 0 Å². The molecule has 0 radical (unpaired) electrons. The molecule has 0 spiro atoms. The molecule has 4 rings (SSSR count). The Kier molecular flexibility index (Phi) is 4.69. The SMILES string of the molecule is O=C(NCCc1csc2nc(-c3ccc(Cl)cc3)nn12)c1ccccc1. The number of rotatable bonds is 5. The fourth-order valence-electron chi connectivity index (χ4n) is 2.61. The summed E-state index contributed by atoms with van der Waals surface area (Å²) in [5.74, 6) is 0.598. The van der Waals surface area contributed by atoms with Crippen molar-refractivity contribution in [3.05, 3.63) is 76.3 Å². The number of aromatic nitrogens is 3. The number of amides is 1. The Balaban J connectivity index is 1.45. The van der Waals surface area contributed by atoms with Gasteiger partial charge in [0.05, 0.1) is 5.69 Å². The van der Waals surface area contributed by atoms with E-state index in [1.165, 1.54) is 11.3 Å². The van der Waals surface area contributed by atoms with Gasteiger partial charge in [-0.1, -0.05) is 29.8 Å². The fraction of sp³-hybridized carbons (Fsp3) is 0.105. The van der Waals surface area contributed by atoms with Crippen LogP contribution in [-0.2, 0) is 6.42 Å². The van der Waals surface area contributed by atoms with Crippen molar-refractivity contribution in [2.75, 3.05) is 6.54 Å². The molecule has 0 unspecified atom stereocenters. The zero-order chi connectivity index (χ0) is 17.9. The summed E-state index contributed by atoms with van der Waals surface area (Å²) in [7, 11) is 0. The molecule has 0 aliphatic heterocycles. The summed E-state index contributed by atoms with van der Waals surface area (Å²) in [4.78, 5) is 17.5. The highest BCUT2D eigenvalue weighted by Gasteiger charge is 2.12. The first-order chi connectivity index (χ1) is 12.7. The minimum Gasteiger partial charge on any atom is -0.352 e. The molecule has 2 aromatic carbocycles. The molecule has 4 aromatic rings. The second kappa shape index (κ2) is 7.27. The van der Waals surface area contributed by atoms with Gasteiger partial charge in [0.1, 0.15) is 0 Å². The number of thiazole rings is 1. The molecule has 2 heterocycles. The number of carbonyl (C=O) groups excluding carboxylic acids is 1. The van der Waals surface area contributed by atoms with E-state index in [0.717, 1.165) is 16.2 Å². The largest absolute Gasteiger partial charge is 0.352 e. The Hall–Kier alpha value is -2.70. The topological polar surface area (TPSA) is 59.3 Å². The number of benzene rings is 2. The van der Waals surface area contributed by atoms with Crippen LogP contribution in [0.3, 0.4) is 0 Å². The van der Waals surface area contributed by atoms with Crippen LogP contribution in [0, 0.1) is 0 Å². The Morgan fingerprint density at radius 1 is 1.12 bits per heavy atom. The van der Waals surface area contributed by atoms with E-state index in [-0.39, 0.29) is 5.91 Å². The predicted octanol–water partition coefficient (Wildman–Crippen LogP) is 4.08. The molecule has 0 atom stereocenters. The standard InChI is InChI=1S/C19H15ClN4OS/c20-15-8-6-13(7-9-15)17-22-19-24(23-17)16(12-26-19)10-11-21-18(25)14-4-2-1-3-5-14/h1-9,12H,10-11H2,(H,21,25). The van der Waals surface area contributed by atoms with Gasteiger partial charge in [-0.25, -0.2) is 4.52 Å². The summed E-state index contributed by atoms with van der Waals surface area (Å²) in [6, 6.07) is 16.7. The van der Waals surface area contributed by atoms with E-state index in [1.807, 2.05) is 52.4 Å².